The van der Waals surface area contributed by atoms with Crippen LogP contribution in [0.25, 0.3) is 12.2 Å². The molecule has 0 saturated heterocycles. The van der Waals surface area contributed by atoms with Gasteiger partial charge in [0.25, 0.3) is 0 Å². The summed E-state index contributed by atoms with van der Waals surface area (Å²) in [6, 6.07) is 10.5. The van der Waals surface area contributed by atoms with E-state index in [1.807, 2.05) is 0 Å². The average Bonchev–Trinajstić information content (AvgIpc) is 3.34. The Hall–Kier alpha value is -1.86. The number of allylic oxidation sites excluding steroid dienone is 2. The second-order valence-corrected chi connectivity index (χ2v) is 21.2. The third-order valence-electron chi connectivity index (χ3n) is 10.9. The van der Waals surface area contributed by atoms with Crippen LogP contribution in [0.5, 0.6) is 0 Å². The SMILES string of the molecule is CC1=Cc2cc3c(cc2C1[Si](C)(C)C1C(C)=Cc2cc4c(cc21)C(C)(C)CC4(C)C)C(C)(C)CC3(C)C. The maximum atomic E-state index is 2.69. The van der Waals surface area contributed by atoms with E-state index < -0.39 is 8.07 Å². The molecule has 4 aliphatic carbocycles. The number of benzene rings is 2. The highest BCUT2D eigenvalue weighted by molar-refractivity contribution is 6.81. The summed E-state index contributed by atoms with van der Waals surface area (Å²) in [5.74, 6) is 0. The van der Waals surface area contributed by atoms with Gasteiger partial charge in [0.1, 0.15) is 0 Å². The smallest absolute Gasteiger partial charge is 0.0679 e. The van der Waals surface area contributed by atoms with Crippen molar-refractivity contribution in [1.29, 1.82) is 0 Å². The second kappa shape index (κ2) is 7.20. The average molecular weight is 509 g/mol. The molecule has 0 spiro atoms. The molecule has 4 aliphatic rings. The molecule has 6 rings (SSSR count). The summed E-state index contributed by atoms with van der Waals surface area (Å²) in [4.78, 5) is 0. The molecule has 196 valence electrons. The van der Waals surface area contributed by atoms with Crippen molar-refractivity contribution in [3.05, 3.63) is 79.9 Å². The first-order chi connectivity index (χ1) is 16.9. The van der Waals surface area contributed by atoms with Crippen LogP contribution in [0.1, 0.15) is 138 Å². The van der Waals surface area contributed by atoms with Crippen LogP contribution in [0.15, 0.2) is 35.4 Å². The monoisotopic (exact) mass is 508 g/mol. The van der Waals surface area contributed by atoms with Gasteiger partial charge in [0.15, 0.2) is 0 Å². The van der Waals surface area contributed by atoms with Gasteiger partial charge in [-0.15, -0.1) is 0 Å². The highest BCUT2D eigenvalue weighted by atomic mass is 28.3. The molecule has 0 saturated carbocycles. The van der Waals surface area contributed by atoms with Crippen LogP contribution >= 0.6 is 0 Å². The molecular weight excluding hydrogens is 460 g/mol. The zero-order chi connectivity index (χ0) is 27.1. The van der Waals surface area contributed by atoms with Gasteiger partial charge >= 0.3 is 0 Å². The van der Waals surface area contributed by atoms with Crippen molar-refractivity contribution in [2.24, 2.45) is 0 Å². The fraction of sp³-hybridized carbons (Fsp3) is 0.556. The first-order valence-corrected chi connectivity index (χ1v) is 17.8. The number of hydrogen-bond donors (Lipinski definition) is 0. The Bertz CT molecular complexity index is 1310. The van der Waals surface area contributed by atoms with Crippen molar-refractivity contribution in [1.82, 2.24) is 0 Å². The lowest BCUT2D eigenvalue weighted by Gasteiger charge is -2.39. The van der Waals surface area contributed by atoms with E-state index in [4.69, 9.17) is 0 Å². The zero-order valence-corrected chi connectivity index (χ0v) is 26.5. The van der Waals surface area contributed by atoms with E-state index in [0.29, 0.717) is 11.1 Å². The van der Waals surface area contributed by atoms with Gasteiger partial charge in [0.05, 0.1) is 8.07 Å². The van der Waals surface area contributed by atoms with E-state index in [0.717, 1.165) is 0 Å². The molecule has 0 bridgehead atoms. The minimum Gasteiger partial charge on any atom is -0.0679 e. The minimum atomic E-state index is -1.83. The predicted molar refractivity (Wildman–Crippen MR) is 164 cm³/mol. The number of rotatable bonds is 2. The van der Waals surface area contributed by atoms with E-state index >= 15 is 0 Å². The number of fused-ring (bicyclic) bond motifs is 4. The third-order valence-corrected chi connectivity index (χ3v) is 15.4. The van der Waals surface area contributed by atoms with E-state index in [1.54, 1.807) is 44.5 Å². The van der Waals surface area contributed by atoms with Gasteiger partial charge in [-0.2, -0.15) is 0 Å². The van der Waals surface area contributed by atoms with Crippen LogP contribution < -0.4 is 0 Å². The lowest BCUT2D eigenvalue weighted by Crippen LogP contribution is -2.42. The topological polar surface area (TPSA) is 0 Å². The van der Waals surface area contributed by atoms with Crippen molar-refractivity contribution in [3.63, 3.8) is 0 Å². The van der Waals surface area contributed by atoms with E-state index in [2.05, 4.69) is 119 Å². The lowest BCUT2D eigenvalue weighted by molar-refractivity contribution is 0.402. The molecule has 2 unspecified atom stereocenters. The molecule has 0 nitrogen and oxygen atoms in total. The van der Waals surface area contributed by atoms with E-state index in [-0.39, 0.29) is 21.7 Å². The maximum absolute atomic E-state index is 2.69. The summed E-state index contributed by atoms with van der Waals surface area (Å²) in [5, 5.41) is 0. The first kappa shape index (κ1) is 25.4. The summed E-state index contributed by atoms with van der Waals surface area (Å²) in [6.07, 6.45) is 7.56. The van der Waals surface area contributed by atoms with Crippen molar-refractivity contribution in [2.75, 3.05) is 0 Å². The summed E-state index contributed by atoms with van der Waals surface area (Å²) in [5.41, 5.74) is 18.0. The van der Waals surface area contributed by atoms with E-state index in [1.165, 1.54) is 24.0 Å². The molecule has 2 aromatic carbocycles. The highest BCUT2D eigenvalue weighted by Gasteiger charge is 2.50. The quantitative estimate of drug-likeness (QED) is 0.354. The summed E-state index contributed by atoms with van der Waals surface area (Å²) < 4.78 is 0. The van der Waals surface area contributed by atoms with Crippen LogP contribution in [0.3, 0.4) is 0 Å². The van der Waals surface area contributed by atoms with Crippen LogP contribution in [0.4, 0.5) is 0 Å². The summed E-state index contributed by atoms with van der Waals surface area (Å²) in [6.45, 7) is 29.8. The standard InChI is InChI=1S/C36H48Si/c1-21-13-23-15-27-29(35(7,8)19-33(27,3)4)17-25(23)31(21)37(11,12)32-22(2)14-24-16-28-30(18-26(24)32)36(9,10)20-34(28,5)6/h13-18,31-32H,19-20H2,1-12H3. The Labute approximate surface area is 227 Å². The number of hydrogen-bond acceptors (Lipinski definition) is 0. The Morgan fingerprint density at radius 1 is 0.541 bits per heavy atom. The normalized spacial score (nSPS) is 27.4. The van der Waals surface area contributed by atoms with Gasteiger partial charge in [-0.3, -0.25) is 0 Å². The molecule has 0 radical (unpaired) electrons. The Kier molecular flexibility index (Phi) is 4.95. The fourth-order valence-corrected chi connectivity index (χ4v) is 15.1. The van der Waals surface area contributed by atoms with Crippen molar-refractivity contribution in [2.45, 2.75) is 128 Å². The molecule has 0 heterocycles. The third kappa shape index (κ3) is 3.38. The molecule has 0 fully saturated rings. The molecule has 0 amide bonds. The maximum Gasteiger partial charge on any atom is 0.0722 e. The summed E-state index contributed by atoms with van der Waals surface area (Å²) >= 11 is 0. The second-order valence-electron chi connectivity index (χ2n) is 16.4. The first-order valence-electron chi connectivity index (χ1n) is 14.6. The van der Waals surface area contributed by atoms with Gasteiger partial charge < -0.3 is 0 Å². The molecule has 0 N–H and O–H groups in total. The van der Waals surface area contributed by atoms with Crippen LogP contribution in [0, 0.1) is 0 Å². The minimum absolute atomic E-state index is 0.245. The van der Waals surface area contributed by atoms with E-state index in [9.17, 15) is 0 Å². The van der Waals surface area contributed by atoms with Gasteiger partial charge in [-0.1, -0.05) is 116 Å². The molecule has 0 aliphatic heterocycles. The molecule has 2 atom stereocenters. The molecule has 2 aromatic rings. The Morgan fingerprint density at radius 3 is 1.16 bits per heavy atom. The summed E-state index contributed by atoms with van der Waals surface area (Å²) in [7, 11) is -1.83. The van der Waals surface area contributed by atoms with Gasteiger partial charge in [-0.25, -0.2) is 0 Å². The van der Waals surface area contributed by atoms with Crippen LogP contribution in [-0.2, 0) is 21.7 Å². The largest absolute Gasteiger partial charge is 0.0722 e. The fourth-order valence-electron chi connectivity index (χ4n) is 10.1. The van der Waals surface area contributed by atoms with Crippen LogP contribution in [-0.4, -0.2) is 8.07 Å². The molecule has 1 heteroatoms. The van der Waals surface area contributed by atoms with Gasteiger partial charge in [-0.05, 0) is 92.9 Å². The van der Waals surface area contributed by atoms with Crippen molar-refractivity contribution in [3.8, 4) is 0 Å². The van der Waals surface area contributed by atoms with Crippen molar-refractivity contribution < 1.29 is 0 Å². The predicted octanol–water partition coefficient (Wildman–Crippen LogP) is 10.1. The Balaban J connectivity index is 1.48. The molecular formula is C36H48Si. The van der Waals surface area contributed by atoms with Gasteiger partial charge in [0.2, 0.25) is 0 Å². The van der Waals surface area contributed by atoms with Crippen molar-refractivity contribution >= 4 is 20.2 Å². The van der Waals surface area contributed by atoms with Gasteiger partial charge in [0, 0.05) is 11.1 Å². The molecule has 0 aromatic heterocycles. The zero-order valence-electron chi connectivity index (χ0n) is 25.5. The highest BCUT2D eigenvalue weighted by Crippen LogP contribution is 2.58. The Morgan fingerprint density at radius 2 is 0.838 bits per heavy atom. The van der Waals surface area contributed by atoms with Crippen LogP contribution in [0.2, 0.25) is 13.1 Å². The molecule has 37 heavy (non-hydrogen) atoms. The lowest BCUT2D eigenvalue weighted by atomic mass is 9.82.